The Labute approximate surface area is 258 Å². The number of nitrogens with two attached hydrogens (primary N) is 1. The third-order valence-corrected chi connectivity index (χ3v) is 7.93. The lowest BCUT2D eigenvalue weighted by atomic mass is 10.0. The number of halogens is 1. The van der Waals surface area contributed by atoms with Crippen molar-refractivity contribution in [1.82, 2.24) is 39.4 Å². The van der Waals surface area contributed by atoms with Gasteiger partial charge >= 0.3 is 0 Å². The molecule has 3 N–H and O–H groups in total. The van der Waals surface area contributed by atoms with Gasteiger partial charge in [-0.25, -0.2) is 29.3 Å². The number of nitriles is 1. The average Bonchev–Trinajstić information content (AvgIpc) is 3.45. The monoisotopic (exact) mass is 597 g/mol. The first-order valence-corrected chi connectivity index (χ1v) is 14.6. The summed E-state index contributed by atoms with van der Waals surface area (Å²) in [4.78, 5) is 28.5. The average molecular weight is 598 g/mol. The minimum atomic E-state index is -0.446. The highest BCUT2D eigenvalue weighted by atomic mass is 19.1. The number of benzene rings is 1. The SMILES string of the molecule is N#Cc1nccc(NC2CCN(Cc3ccc(-n4c(-c5cccnc5N)nc5ccc(-c6ccncc6F)nc54)cc3)CC2)n1. The van der Waals surface area contributed by atoms with Gasteiger partial charge < -0.3 is 11.1 Å². The quantitative estimate of drug-likeness (QED) is 0.257. The largest absolute Gasteiger partial charge is 0.383 e. The first-order valence-electron chi connectivity index (χ1n) is 14.6. The molecule has 1 aliphatic rings. The minimum absolute atomic E-state index is 0.166. The molecule has 222 valence electrons. The van der Waals surface area contributed by atoms with Gasteiger partial charge in [-0.1, -0.05) is 12.1 Å². The van der Waals surface area contributed by atoms with Crippen molar-refractivity contribution >= 4 is 22.8 Å². The Morgan fingerprint density at radius 2 is 1.76 bits per heavy atom. The van der Waals surface area contributed by atoms with Crippen LogP contribution >= 0.6 is 0 Å². The number of hydrogen-bond acceptors (Lipinski definition) is 10. The van der Waals surface area contributed by atoms with E-state index in [2.05, 4.69) is 42.3 Å². The van der Waals surface area contributed by atoms with Crippen LogP contribution in [0.25, 0.3) is 39.5 Å². The van der Waals surface area contributed by atoms with E-state index in [0.29, 0.717) is 45.4 Å². The zero-order valence-electron chi connectivity index (χ0n) is 24.2. The zero-order valence-corrected chi connectivity index (χ0v) is 24.2. The van der Waals surface area contributed by atoms with Crippen LogP contribution in [0.4, 0.5) is 16.0 Å². The first-order chi connectivity index (χ1) is 22.1. The molecule has 0 unspecified atom stereocenters. The van der Waals surface area contributed by atoms with Crippen molar-refractivity contribution in [1.29, 1.82) is 5.26 Å². The van der Waals surface area contributed by atoms with E-state index >= 15 is 0 Å². The van der Waals surface area contributed by atoms with E-state index in [-0.39, 0.29) is 11.9 Å². The number of likely N-dealkylation sites (tertiary alicyclic amines) is 1. The Morgan fingerprint density at radius 1 is 0.911 bits per heavy atom. The Hall–Kier alpha value is -5.80. The molecule has 0 aliphatic carbocycles. The molecule has 1 fully saturated rings. The number of pyridine rings is 3. The molecule has 45 heavy (non-hydrogen) atoms. The number of fused-ring (bicyclic) bond motifs is 1. The number of nitrogen functional groups attached to an aromatic ring is 1. The summed E-state index contributed by atoms with van der Waals surface area (Å²) in [5.74, 6) is 1.36. The molecule has 1 aromatic carbocycles. The van der Waals surface area contributed by atoms with Gasteiger partial charge in [0.25, 0.3) is 0 Å². The van der Waals surface area contributed by atoms with Gasteiger partial charge in [-0.15, -0.1) is 0 Å². The number of hydrogen-bond donors (Lipinski definition) is 2. The summed E-state index contributed by atoms with van der Waals surface area (Å²) in [6.07, 6.45) is 7.90. The summed E-state index contributed by atoms with van der Waals surface area (Å²) in [7, 11) is 0. The van der Waals surface area contributed by atoms with E-state index in [0.717, 1.165) is 38.2 Å². The molecular weight excluding hydrogens is 569 g/mol. The van der Waals surface area contributed by atoms with Crippen LogP contribution in [0.3, 0.4) is 0 Å². The zero-order chi connectivity index (χ0) is 30.8. The molecule has 0 radical (unpaired) electrons. The summed E-state index contributed by atoms with van der Waals surface area (Å²) >= 11 is 0. The highest BCUT2D eigenvalue weighted by Gasteiger charge is 2.21. The fourth-order valence-corrected chi connectivity index (χ4v) is 5.67. The molecule has 7 rings (SSSR count). The van der Waals surface area contributed by atoms with Gasteiger partial charge in [-0.05, 0) is 66.9 Å². The molecule has 12 heteroatoms. The minimum Gasteiger partial charge on any atom is -0.383 e. The maximum Gasteiger partial charge on any atom is 0.234 e. The normalized spacial score (nSPS) is 14.0. The van der Waals surface area contributed by atoms with E-state index in [4.69, 9.17) is 21.0 Å². The van der Waals surface area contributed by atoms with Crippen molar-refractivity contribution in [3.63, 3.8) is 0 Å². The molecule has 6 aromatic rings. The van der Waals surface area contributed by atoms with Crippen LogP contribution in [0.2, 0.25) is 0 Å². The number of nitrogens with one attached hydrogen (secondary N) is 1. The highest BCUT2D eigenvalue weighted by molar-refractivity contribution is 5.84. The van der Waals surface area contributed by atoms with E-state index in [1.54, 1.807) is 36.8 Å². The second-order valence-corrected chi connectivity index (χ2v) is 10.8. The van der Waals surface area contributed by atoms with E-state index in [9.17, 15) is 4.39 Å². The lowest BCUT2D eigenvalue weighted by Gasteiger charge is -2.32. The van der Waals surface area contributed by atoms with E-state index in [1.807, 2.05) is 41.0 Å². The molecule has 0 atom stereocenters. The van der Waals surface area contributed by atoms with Gasteiger partial charge in [0.15, 0.2) is 17.3 Å². The van der Waals surface area contributed by atoms with E-state index in [1.165, 1.54) is 11.8 Å². The molecule has 5 aromatic heterocycles. The summed E-state index contributed by atoms with van der Waals surface area (Å²) in [5, 5.41) is 12.5. The van der Waals surface area contributed by atoms with E-state index < -0.39 is 5.82 Å². The van der Waals surface area contributed by atoms with Gasteiger partial charge in [0.1, 0.15) is 23.2 Å². The molecule has 11 nitrogen and oxygen atoms in total. The fourth-order valence-electron chi connectivity index (χ4n) is 5.67. The predicted molar refractivity (Wildman–Crippen MR) is 168 cm³/mol. The lowest BCUT2D eigenvalue weighted by Crippen LogP contribution is -2.38. The van der Waals surface area contributed by atoms with Crippen LogP contribution in [-0.4, -0.2) is 58.5 Å². The topological polar surface area (TPSA) is 147 Å². The molecular formula is C33H28FN11. The third kappa shape index (κ3) is 5.76. The third-order valence-electron chi connectivity index (χ3n) is 7.93. The number of anilines is 2. The number of imidazole rings is 1. The molecule has 0 amide bonds. The Kier molecular flexibility index (Phi) is 7.51. The Balaban J connectivity index is 1.14. The molecule has 0 bridgehead atoms. The molecule has 0 saturated carbocycles. The number of rotatable bonds is 7. The number of aromatic nitrogens is 7. The van der Waals surface area contributed by atoms with Crippen LogP contribution in [0.1, 0.15) is 24.2 Å². The Bertz CT molecular complexity index is 2030. The van der Waals surface area contributed by atoms with Gasteiger partial charge in [0, 0.05) is 55.5 Å². The van der Waals surface area contributed by atoms with Crippen LogP contribution < -0.4 is 11.1 Å². The summed E-state index contributed by atoms with van der Waals surface area (Å²) < 4.78 is 16.6. The smallest absolute Gasteiger partial charge is 0.234 e. The summed E-state index contributed by atoms with van der Waals surface area (Å²) in [6.45, 7) is 2.69. The fraction of sp³-hybridized carbons (Fsp3) is 0.182. The van der Waals surface area contributed by atoms with Crippen LogP contribution in [0.5, 0.6) is 0 Å². The maximum atomic E-state index is 14.6. The van der Waals surface area contributed by atoms with Crippen molar-refractivity contribution in [2.45, 2.75) is 25.4 Å². The van der Waals surface area contributed by atoms with Crippen LogP contribution in [0, 0.1) is 17.1 Å². The molecule has 1 aliphatic heterocycles. The van der Waals surface area contributed by atoms with Gasteiger partial charge in [0.05, 0.1) is 17.5 Å². The van der Waals surface area contributed by atoms with Gasteiger partial charge in [0.2, 0.25) is 5.82 Å². The van der Waals surface area contributed by atoms with Crippen molar-refractivity contribution in [3.8, 4) is 34.4 Å². The number of piperidine rings is 1. The summed E-state index contributed by atoms with van der Waals surface area (Å²) in [6, 6.07) is 21.3. The van der Waals surface area contributed by atoms with Gasteiger partial charge in [-0.3, -0.25) is 14.5 Å². The molecule has 0 spiro atoms. The first kappa shape index (κ1) is 28.0. The van der Waals surface area contributed by atoms with Crippen molar-refractivity contribution < 1.29 is 4.39 Å². The molecule has 1 saturated heterocycles. The predicted octanol–water partition coefficient (Wildman–Crippen LogP) is 5.00. The number of nitrogens with zero attached hydrogens (tertiary/aromatic N) is 9. The van der Waals surface area contributed by atoms with Crippen molar-refractivity contribution in [2.75, 3.05) is 24.1 Å². The highest BCUT2D eigenvalue weighted by Crippen LogP contribution is 2.32. The van der Waals surface area contributed by atoms with Crippen molar-refractivity contribution in [2.24, 2.45) is 0 Å². The Morgan fingerprint density at radius 3 is 2.53 bits per heavy atom. The lowest BCUT2D eigenvalue weighted by molar-refractivity contribution is 0.211. The standard InChI is InChI=1S/C33H28FN11/c34-26-19-37-14-9-24(26)27-7-8-28-33(41-27)45(32(42-28)25-2-1-13-39-31(25)36)23-5-3-21(4-6-23)20-44-16-11-22(12-17-44)40-29-10-15-38-30(18-35)43-29/h1-10,13-15,19,22H,11-12,16-17,20H2,(H2,36,39)(H,38,40,43). The van der Waals surface area contributed by atoms with Crippen molar-refractivity contribution in [3.05, 3.63) is 103 Å². The van der Waals surface area contributed by atoms with Gasteiger partial charge in [-0.2, -0.15) is 5.26 Å². The molecule has 6 heterocycles. The second kappa shape index (κ2) is 12.1. The van der Waals surface area contributed by atoms with Crippen LogP contribution in [-0.2, 0) is 6.54 Å². The van der Waals surface area contributed by atoms with Crippen LogP contribution in [0.15, 0.2) is 85.5 Å². The summed E-state index contributed by atoms with van der Waals surface area (Å²) in [5.41, 5.74) is 11.1. The second-order valence-electron chi connectivity index (χ2n) is 10.8. The maximum absolute atomic E-state index is 14.6.